The minimum absolute atomic E-state index is 0.0687. The molecular weight excluding hydrogens is 343 g/mol. The quantitative estimate of drug-likeness (QED) is 0.666. The predicted octanol–water partition coefficient (Wildman–Crippen LogP) is 4.36. The number of hydrogen-bond acceptors (Lipinski definition) is 4. The lowest BCUT2D eigenvalue weighted by Gasteiger charge is -2.04. The van der Waals surface area contributed by atoms with Gasteiger partial charge in [0.05, 0.1) is 11.4 Å². The summed E-state index contributed by atoms with van der Waals surface area (Å²) in [5, 5.41) is 4.82. The molecule has 0 aliphatic heterocycles. The molecule has 3 aromatic rings. The van der Waals surface area contributed by atoms with Crippen molar-refractivity contribution >= 4 is 29.0 Å². The highest BCUT2D eigenvalue weighted by molar-refractivity contribution is 8.01. The van der Waals surface area contributed by atoms with Crippen molar-refractivity contribution in [2.24, 2.45) is 0 Å². The molecule has 0 fully saturated rings. The van der Waals surface area contributed by atoms with Gasteiger partial charge in [-0.15, -0.1) is 11.3 Å². The van der Waals surface area contributed by atoms with Crippen LogP contribution in [0.5, 0.6) is 0 Å². The number of benzene rings is 2. The summed E-state index contributed by atoms with van der Waals surface area (Å²) in [4.78, 5) is 16.4. The third kappa shape index (κ3) is 4.66. The third-order valence-electron chi connectivity index (χ3n) is 3.28. The minimum atomic E-state index is -0.279. The van der Waals surface area contributed by atoms with Crippen molar-refractivity contribution in [3.05, 3.63) is 71.4 Å². The highest BCUT2D eigenvalue weighted by atomic mass is 32.2. The Morgan fingerprint density at radius 1 is 1.12 bits per heavy atom. The monoisotopic (exact) mass is 358 g/mol. The Morgan fingerprint density at radius 2 is 1.88 bits per heavy atom. The van der Waals surface area contributed by atoms with Gasteiger partial charge in [-0.1, -0.05) is 54.2 Å². The molecule has 2 aromatic carbocycles. The van der Waals surface area contributed by atoms with Crippen LogP contribution in [-0.4, -0.2) is 16.6 Å². The number of halogens is 1. The van der Waals surface area contributed by atoms with E-state index in [1.807, 2.05) is 35.7 Å². The number of rotatable bonds is 6. The fourth-order valence-corrected chi connectivity index (χ4v) is 3.71. The lowest BCUT2D eigenvalue weighted by molar-refractivity contribution is -0.118. The number of thiazole rings is 1. The van der Waals surface area contributed by atoms with Gasteiger partial charge in [0.2, 0.25) is 5.91 Å². The Balaban J connectivity index is 1.48. The van der Waals surface area contributed by atoms with Gasteiger partial charge in [-0.3, -0.25) is 4.79 Å². The van der Waals surface area contributed by atoms with Crippen LogP contribution in [0.3, 0.4) is 0 Å². The molecule has 0 saturated carbocycles. The molecule has 0 radical (unpaired) electrons. The van der Waals surface area contributed by atoms with Crippen LogP contribution in [0.15, 0.2) is 64.3 Å². The van der Waals surface area contributed by atoms with Crippen molar-refractivity contribution in [1.82, 2.24) is 10.3 Å². The van der Waals surface area contributed by atoms with E-state index < -0.39 is 0 Å². The summed E-state index contributed by atoms with van der Waals surface area (Å²) in [6.45, 7) is 0.396. The summed E-state index contributed by atoms with van der Waals surface area (Å²) < 4.78 is 13.7. The zero-order valence-electron chi connectivity index (χ0n) is 12.7. The lowest BCUT2D eigenvalue weighted by atomic mass is 10.2. The van der Waals surface area contributed by atoms with Crippen LogP contribution in [0.4, 0.5) is 4.39 Å². The highest BCUT2D eigenvalue weighted by Crippen LogP contribution is 2.27. The van der Waals surface area contributed by atoms with E-state index in [1.54, 1.807) is 12.1 Å². The van der Waals surface area contributed by atoms with Crippen molar-refractivity contribution in [3.8, 4) is 11.3 Å². The number of nitrogens with one attached hydrogen (secondary N) is 1. The molecule has 24 heavy (non-hydrogen) atoms. The van der Waals surface area contributed by atoms with E-state index in [4.69, 9.17) is 0 Å². The molecule has 1 amide bonds. The predicted molar refractivity (Wildman–Crippen MR) is 96.5 cm³/mol. The second-order valence-electron chi connectivity index (χ2n) is 5.06. The second kappa shape index (κ2) is 8.08. The molecule has 0 saturated heterocycles. The van der Waals surface area contributed by atoms with E-state index >= 15 is 0 Å². The van der Waals surface area contributed by atoms with Crippen LogP contribution in [0.1, 0.15) is 5.56 Å². The Morgan fingerprint density at radius 3 is 2.62 bits per heavy atom. The van der Waals surface area contributed by atoms with E-state index in [9.17, 15) is 9.18 Å². The normalized spacial score (nSPS) is 10.5. The average Bonchev–Trinajstić information content (AvgIpc) is 3.09. The van der Waals surface area contributed by atoms with Crippen molar-refractivity contribution < 1.29 is 9.18 Å². The fraction of sp³-hybridized carbons (Fsp3) is 0.111. The topological polar surface area (TPSA) is 42.0 Å². The molecule has 0 spiro atoms. The van der Waals surface area contributed by atoms with E-state index in [0.717, 1.165) is 21.2 Å². The Labute approximate surface area is 148 Å². The summed E-state index contributed by atoms with van der Waals surface area (Å²) >= 11 is 2.95. The van der Waals surface area contributed by atoms with Crippen molar-refractivity contribution in [1.29, 1.82) is 0 Å². The SMILES string of the molecule is O=C(CSc1nc(-c2ccccc2)cs1)NCc1ccc(F)cc1. The molecular formula is C18H15FN2OS2. The van der Waals surface area contributed by atoms with Crippen LogP contribution in [0.2, 0.25) is 0 Å². The van der Waals surface area contributed by atoms with Crippen LogP contribution in [-0.2, 0) is 11.3 Å². The fourth-order valence-electron chi connectivity index (χ4n) is 2.05. The van der Waals surface area contributed by atoms with Crippen LogP contribution >= 0.6 is 23.1 Å². The first-order valence-corrected chi connectivity index (χ1v) is 9.22. The van der Waals surface area contributed by atoms with E-state index in [0.29, 0.717) is 12.3 Å². The van der Waals surface area contributed by atoms with Crippen LogP contribution in [0, 0.1) is 5.82 Å². The molecule has 0 bridgehead atoms. The number of nitrogens with zero attached hydrogens (tertiary/aromatic N) is 1. The van der Waals surface area contributed by atoms with Gasteiger partial charge in [-0.05, 0) is 17.7 Å². The molecule has 1 N–H and O–H groups in total. The van der Waals surface area contributed by atoms with Crippen LogP contribution < -0.4 is 5.32 Å². The van der Waals surface area contributed by atoms with E-state index in [1.165, 1.54) is 35.2 Å². The molecule has 1 aromatic heterocycles. The summed E-state index contributed by atoms with van der Waals surface area (Å²) in [5.74, 6) is -0.0393. The highest BCUT2D eigenvalue weighted by Gasteiger charge is 2.08. The van der Waals surface area contributed by atoms with Gasteiger partial charge in [0.25, 0.3) is 0 Å². The lowest BCUT2D eigenvalue weighted by Crippen LogP contribution is -2.24. The molecule has 0 unspecified atom stereocenters. The smallest absolute Gasteiger partial charge is 0.230 e. The maximum absolute atomic E-state index is 12.8. The van der Waals surface area contributed by atoms with Crippen molar-refractivity contribution in [2.75, 3.05) is 5.75 Å². The first kappa shape index (κ1) is 16.7. The molecule has 0 aliphatic rings. The number of amides is 1. The molecule has 6 heteroatoms. The first-order chi connectivity index (χ1) is 11.7. The van der Waals surface area contributed by atoms with Crippen molar-refractivity contribution in [2.45, 2.75) is 10.9 Å². The maximum Gasteiger partial charge on any atom is 0.230 e. The Bertz CT molecular complexity index is 803. The van der Waals surface area contributed by atoms with Gasteiger partial charge in [-0.2, -0.15) is 0 Å². The number of aromatic nitrogens is 1. The molecule has 0 atom stereocenters. The number of thioether (sulfide) groups is 1. The van der Waals surface area contributed by atoms with Crippen LogP contribution in [0.25, 0.3) is 11.3 Å². The summed E-state index contributed by atoms with van der Waals surface area (Å²) in [6.07, 6.45) is 0. The molecule has 122 valence electrons. The molecule has 0 aliphatic carbocycles. The zero-order valence-corrected chi connectivity index (χ0v) is 14.4. The van der Waals surface area contributed by atoms with Gasteiger partial charge >= 0.3 is 0 Å². The first-order valence-electron chi connectivity index (χ1n) is 7.35. The molecule has 3 rings (SSSR count). The molecule has 1 heterocycles. The number of carbonyl (C=O) groups is 1. The maximum atomic E-state index is 12.8. The largest absolute Gasteiger partial charge is 0.351 e. The van der Waals surface area contributed by atoms with Crippen molar-refractivity contribution in [3.63, 3.8) is 0 Å². The third-order valence-corrected chi connectivity index (χ3v) is 5.30. The molecule has 3 nitrogen and oxygen atoms in total. The summed E-state index contributed by atoms with van der Waals surface area (Å²) in [6, 6.07) is 16.0. The zero-order chi connectivity index (χ0) is 16.8. The number of hydrogen-bond donors (Lipinski definition) is 1. The van der Waals surface area contributed by atoms with Gasteiger partial charge in [0.15, 0.2) is 4.34 Å². The standard InChI is InChI=1S/C18H15FN2OS2/c19-15-8-6-13(7-9-15)10-20-17(22)12-24-18-21-16(11-23-18)14-4-2-1-3-5-14/h1-9,11H,10,12H2,(H,20,22). The van der Waals surface area contributed by atoms with Gasteiger partial charge < -0.3 is 5.32 Å². The van der Waals surface area contributed by atoms with E-state index in [2.05, 4.69) is 10.3 Å². The summed E-state index contributed by atoms with van der Waals surface area (Å²) in [5.41, 5.74) is 2.87. The summed E-state index contributed by atoms with van der Waals surface area (Å²) in [7, 11) is 0. The van der Waals surface area contributed by atoms with Gasteiger partial charge in [0, 0.05) is 17.5 Å². The van der Waals surface area contributed by atoms with Gasteiger partial charge in [0.1, 0.15) is 5.82 Å². The Hall–Kier alpha value is -2.18. The number of carbonyl (C=O) groups excluding carboxylic acids is 1. The van der Waals surface area contributed by atoms with E-state index in [-0.39, 0.29) is 11.7 Å². The second-order valence-corrected chi connectivity index (χ2v) is 7.14. The Kier molecular flexibility index (Phi) is 5.61. The minimum Gasteiger partial charge on any atom is -0.351 e. The van der Waals surface area contributed by atoms with Gasteiger partial charge in [-0.25, -0.2) is 9.37 Å². The average molecular weight is 358 g/mol.